The third-order valence-corrected chi connectivity index (χ3v) is 1.87. The van der Waals surface area contributed by atoms with Crippen LogP contribution in [0.25, 0.3) is 5.53 Å². The van der Waals surface area contributed by atoms with Crippen LogP contribution in [-0.4, -0.2) is 45.6 Å². The summed E-state index contributed by atoms with van der Waals surface area (Å²) >= 11 is 0. The normalized spacial score (nSPS) is 11.9. The second-order valence-corrected chi connectivity index (χ2v) is 4.78. The van der Waals surface area contributed by atoms with Crippen molar-refractivity contribution in [3.05, 3.63) is 5.53 Å². The van der Waals surface area contributed by atoms with Crippen molar-refractivity contribution in [2.75, 3.05) is 0 Å². The summed E-state index contributed by atoms with van der Waals surface area (Å²) in [5, 5.41) is 10.8. The molecule has 0 fully saturated rings. The summed E-state index contributed by atoms with van der Waals surface area (Å²) in [5.41, 5.74) is 7.53. The second-order valence-electron chi connectivity index (χ2n) is 4.78. The fraction of sp³-hybridized carbons (Fsp3) is 0.636. The molecular formula is C11H17N3O5. The number of hydrogen-bond donors (Lipinski definition) is 2. The van der Waals surface area contributed by atoms with Gasteiger partial charge in [-0.05, 0) is 27.2 Å². The molecule has 0 aliphatic heterocycles. The molecule has 0 radical (unpaired) electrons. The lowest BCUT2D eigenvalue weighted by molar-refractivity contribution is -0.137. The van der Waals surface area contributed by atoms with Gasteiger partial charge in [0.05, 0.1) is 0 Å². The van der Waals surface area contributed by atoms with Crippen LogP contribution in [-0.2, 0) is 14.3 Å². The van der Waals surface area contributed by atoms with Gasteiger partial charge in [0.1, 0.15) is 11.6 Å². The molecule has 0 aromatic carbocycles. The van der Waals surface area contributed by atoms with Gasteiger partial charge < -0.3 is 20.7 Å². The highest BCUT2D eigenvalue weighted by Crippen LogP contribution is 2.07. The molecule has 0 bridgehead atoms. The average Bonchev–Trinajstić information content (AvgIpc) is 2.21. The summed E-state index contributed by atoms with van der Waals surface area (Å²) in [4.78, 5) is 36.0. The molecule has 1 atom stereocenters. The minimum Gasteiger partial charge on any atom is -0.481 e. The van der Waals surface area contributed by atoms with Crippen LogP contribution in [0.5, 0.6) is 0 Å². The number of ketones is 1. The van der Waals surface area contributed by atoms with Gasteiger partial charge in [-0.1, -0.05) is 0 Å². The molecule has 0 saturated carbocycles. The highest BCUT2D eigenvalue weighted by molar-refractivity contribution is 6.28. The van der Waals surface area contributed by atoms with Crippen molar-refractivity contribution >= 4 is 24.1 Å². The SMILES string of the molecule is CC(C)(C)OC(=O)N[C@@H](CCC(=O)O)C(=O)C=[N+]=[N-]. The van der Waals surface area contributed by atoms with Crippen LogP contribution < -0.4 is 5.32 Å². The molecule has 0 aromatic heterocycles. The van der Waals surface area contributed by atoms with Crippen LogP contribution in [0, 0.1) is 0 Å². The van der Waals surface area contributed by atoms with Crippen molar-refractivity contribution in [3.63, 3.8) is 0 Å². The molecular weight excluding hydrogens is 254 g/mol. The number of nitrogens with one attached hydrogen (secondary N) is 1. The molecule has 0 aliphatic carbocycles. The van der Waals surface area contributed by atoms with E-state index < -0.39 is 29.5 Å². The summed E-state index contributed by atoms with van der Waals surface area (Å²) in [6.45, 7) is 4.95. The Morgan fingerprint density at radius 1 is 1.42 bits per heavy atom. The van der Waals surface area contributed by atoms with Gasteiger partial charge in [-0.3, -0.25) is 9.59 Å². The van der Waals surface area contributed by atoms with Gasteiger partial charge in [-0.2, -0.15) is 4.79 Å². The Kier molecular flexibility index (Phi) is 6.43. The predicted molar refractivity (Wildman–Crippen MR) is 64.7 cm³/mol. The van der Waals surface area contributed by atoms with Gasteiger partial charge >= 0.3 is 18.3 Å². The van der Waals surface area contributed by atoms with Crippen LogP contribution >= 0.6 is 0 Å². The number of aliphatic carboxylic acids is 1. The Labute approximate surface area is 110 Å². The zero-order valence-electron chi connectivity index (χ0n) is 11.0. The lowest BCUT2D eigenvalue weighted by atomic mass is 10.1. The summed E-state index contributed by atoms with van der Waals surface area (Å²) < 4.78 is 4.95. The van der Waals surface area contributed by atoms with Crippen molar-refractivity contribution in [2.45, 2.75) is 45.3 Å². The number of nitrogens with zero attached hydrogens (tertiary/aromatic N) is 2. The smallest absolute Gasteiger partial charge is 0.408 e. The van der Waals surface area contributed by atoms with E-state index in [1.807, 2.05) is 0 Å². The van der Waals surface area contributed by atoms with E-state index in [9.17, 15) is 14.4 Å². The van der Waals surface area contributed by atoms with E-state index in [-0.39, 0.29) is 12.8 Å². The number of hydrogen-bond acceptors (Lipinski definition) is 4. The second kappa shape index (κ2) is 7.27. The summed E-state index contributed by atoms with van der Waals surface area (Å²) in [6.07, 6.45) is -0.683. The summed E-state index contributed by atoms with van der Waals surface area (Å²) in [7, 11) is 0. The molecule has 0 rings (SSSR count). The lowest BCUT2D eigenvalue weighted by Gasteiger charge is -2.21. The number of carboxylic acid groups (broad SMARTS) is 1. The number of carbonyl (C=O) groups is 3. The molecule has 8 nitrogen and oxygen atoms in total. The minimum absolute atomic E-state index is 0.126. The van der Waals surface area contributed by atoms with Crippen molar-refractivity contribution < 1.29 is 29.0 Å². The highest BCUT2D eigenvalue weighted by atomic mass is 16.6. The minimum atomic E-state index is -1.11. The standard InChI is InChI=1S/C11H17N3O5/c1-11(2,3)19-10(18)14-7(4-5-9(16)17)8(15)6-13-12/h6-7H,4-5H2,1-3H3,(H,14,18)(H,16,17)/t7-/m0/s1. The van der Waals surface area contributed by atoms with Crippen molar-refractivity contribution in [1.82, 2.24) is 5.32 Å². The molecule has 8 heteroatoms. The molecule has 0 saturated heterocycles. The Morgan fingerprint density at radius 3 is 2.42 bits per heavy atom. The molecule has 2 N–H and O–H groups in total. The molecule has 106 valence electrons. The van der Waals surface area contributed by atoms with Crippen molar-refractivity contribution in [2.24, 2.45) is 0 Å². The van der Waals surface area contributed by atoms with E-state index in [0.29, 0.717) is 6.21 Å². The molecule has 1 amide bonds. The van der Waals surface area contributed by atoms with Crippen LogP contribution in [0.15, 0.2) is 0 Å². The first-order valence-electron chi connectivity index (χ1n) is 5.58. The maximum Gasteiger partial charge on any atom is 0.408 e. The molecule has 0 unspecified atom stereocenters. The summed E-state index contributed by atoms with van der Waals surface area (Å²) in [6, 6.07) is -1.11. The third kappa shape index (κ3) is 8.50. The van der Waals surface area contributed by atoms with Gasteiger partial charge in [-0.15, -0.1) is 0 Å². The van der Waals surface area contributed by atoms with E-state index in [1.165, 1.54) is 0 Å². The van der Waals surface area contributed by atoms with Crippen molar-refractivity contribution in [1.29, 1.82) is 0 Å². The van der Waals surface area contributed by atoms with Crippen molar-refractivity contribution in [3.8, 4) is 0 Å². The zero-order valence-corrected chi connectivity index (χ0v) is 11.0. The number of Topliss-reactive ketones (excluding diaryl/α,β-unsaturated/α-hetero) is 1. The fourth-order valence-corrected chi connectivity index (χ4v) is 1.15. The number of rotatable bonds is 6. The van der Waals surface area contributed by atoms with Crippen LogP contribution in [0.1, 0.15) is 33.6 Å². The fourth-order valence-electron chi connectivity index (χ4n) is 1.15. The number of amides is 1. The van der Waals surface area contributed by atoms with E-state index in [4.69, 9.17) is 15.4 Å². The number of alkyl carbamates (subject to hydrolysis) is 1. The van der Waals surface area contributed by atoms with E-state index in [1.54, 1.807) is 20.8 Å². The third-order valence-electron chi connectivity index (χ3n) is 1.87. The van der Waals surface area contributed by atoms with Gasteiger partial charge in [0, 0.05) is 6.42 Å². The summed E-state index contributed by atoms with van der Waals surface area (Å²) in [5.74, 6) is -1.82. The largest absolute Gasteiger partial charge is 0.481 e. The van der Waals surface area contributed by atoms with E-state index in [2.05, 4.69) is 10.1 Å². The van der Waals surface area contributed by atoms with Gasteiger partial charge in [0.25, 0.3) is 5.78 Å². The predicted octanol–water partition coefficient (Wildman–Crippen LogP) is 0.614. The molecule has 0 heterocycles. The van der Waals surface area contributed by atoms with Crippen LogP contribution in [0.3, 0.4) is 0 Å². The molecule has 0 aliphatic rings. The first kappa shape index (κ1) is 16.8. The molecule has 0 spiro atoms. The Morgan fingerprint density at radius 2 is 2.00 bits per heavy atom. The monoisotopic (exact) mass is 271 g/mol. The van der Waals surface area contributed by atoms with Gasteiger partial charge in [0.2, 0.25) is 0 Å². The molecule has 0 aromatic rings. The first-order valence-corrected chi connectivity index (χ1v) is 5.58. The topological polar surface area (TPSA) is 129 Å². The van der Waals surface area contributed by atoms with Crippen LogP contribution in [0.4, 0.5) is 4.79 Å². The number of carbonyl (C=O) groups excluding carboxylic acids is 2. The average molecular weight is 271 g/mol. The highest BCUT2D eigenvalue weighted by Gasteiger charge is 2.25. The van der Waals surface area contributed by atoms with Gasteiger partial charge in [-0.25, -0.2) is 4.79 Å². The van der Waals surface area contributed by atoms with E-state index in [0.717, 1.165) is 0 Å². The van der Waals surface area contributed by atoms with Crippen LogP contribution in [0.2, 0.25) is 0 Å². The first-order chi connectivity index (χ1) is 8.65. The quantitative estimate of drug-likeness (QED) is 0.415. The maximum absolute atomic E-state index is 11.5. The maximum atomic E-state index is 11.5. The Bertz CT molecular complexity index is 407. The lowest BCUT2D eigenvalue weighted by Crippen LogP contribution is -2.44. The zero-order chi connectivity index (χ0) is 15.1. The Balaban J connectivity index is 4.66. The van der Waals surface area contributed by atoms with Gasteiger partial charge in [0.15, 0.2) is 0 Å². The number of ether oxygens (including phenoxy) is 1. The molecule has 19 heavy (non-hydrogen) atoms. The van der Waals surface area contributed by atoms with E-state index >= 15 is 0 Å². The number of carboxylic acids is 1. The Hall–Kier alpha value is -2.21.